The van der Waals surface area contributed by atoms with Crippen LogP contribution >= 0.6 is 11.8 Å². The van der Waals surface area contributed by atoms with E-state index in [0.717, 1.165) is 24.7 Å². The van der Waals surface area contributed by atoms with E-state index in [9.17, 15) is 0 Å². The normalized spacial score (nSPS) is 15.8. The van der Waals surface area contributed by atoms with Gasteiger partial charge in [-0.25, -0.2) is 0 Å². The molecule has 0 aliphatic heterocycles. The van der Waals surface area contributed by atoms with Crippen LogP contribution in [-0.4, -0.2) is 12.9 Å². The van der Waals surface area contributed by atoms with E-state index in [0.29, 0.717) is 0 Å². The zero-order chi connectivity index (χ0) is 13.2. The number of hydrogen-bond donors (Lipinski definition) is 0. The average molecular weight is 264 g/mol. The van der Waals surface area contributed by atoms with Gasteiger partial charge in [0.1, 0.15) is 5.75 Å². The number of ether oxygens (including phenoxy) is 1. The molecule has 0 bridgehead atoms. The predicted molar refractivity (Wildman–Crippen MR) is 79.8 cm³/mol. The van der Waals surface area contributed by atoms with Crippen LogP contribution in [-0.2, 0) is 5.41 Å². The van der Waals surface area contributed by atoms with Gasteiger partial charge in [0.05, 0.1) is 6.61 Å². The third-order valence-corrected chi connectivity index (χ3v) is 4.70. The average Bonchev–Trinajstić information content (AvgIpc) is 3.20. The molecule has 1 fully saturated rings. The largest absolute Gasteiger partial charge is 0.493 e. The zero-order valence-corrected chi connectivity index (χ0v) is 12.8. The van der Waals surface area contributed by atoms with Crippen molar-refractivity contribution in [2.24, 2.45) is 5.92 Å². The molecule has 0 radical (unpaired) electrons. The molecular weight excluding hydrogens is 240 g/mol. The summed E-state index contributed by atoms with van der Waals surface area (Å²) in [7, 11) is 0. The fraction of sp³-hybridized carbons (Fsp3) is 0.625. The molecule has 0 unspecified atom stereocenters. The van der Waals surface area contributed by atoms with Gasteiger partial charge in [0.2, 0.25) is 0 Å². The van der Waals surface area contributed by atoms with Gasteiger partial charge in [0.25, 0.3) is 0 Å². The summed E-state index contributed by atoms with van der Waals surface area (Å²) in [5, 5.41) is 0. The van der Waals surface area contributed by atoms with E-state index < -0.39 is 0 Å². The van der Waals surface area contributed by atoms with Crippen LogP contribution < -0.4 is 4.74 Å². The number of thioether (sulfide) groups is 1. The van der Waals surface area contributed by atoms with E-state index in [1.807, 2.05) is 0 Å². The molecule has 1 aromatic rings. The van der Waals surface area contributed by atoms with Gasteiger partial charge in [-0.2, -0.15) is 0 Å². The van der Waals surface area contributed by atoms with Crippen LogP contribution in [0.1, 0.15) is 45.6 Å². The Morgan fingerprint density at radius 1 is 1.33 bits per heavy atom. The van der Waals surface area contributed by atoms with Gasteiger partial charge < -0.3 is 4.74 Å². The Hall–Kier alpha value is -0.630. The van der Waals surface area contributed by atoms with Crippen LogP contribution in [0.15, 0.2) is 23.1 Å². The number of rotatable bonds is 6. The van der Waals surface area contributed by atoms with Crippen molar-refractivity contribution in [2.45, 2.75) is 50.3 Å². The van der Waals surface area contributed by atoms with Crippen LogP contribution in [0.5, 0.6) is 5.75 Å². The molecule has 100 valence electrons. The monoisotopic (exact) mass is 264 g/mol. The maximum absolute atomic E-state index is 6.04. The highest BCUT2D eigenvalue weighted by Crippen LogP contribution is 2.38. The summed E-state index contributed by atoms with van der Waals surface area (Å²) < 4.78 is 6.04. The lowest BCUT2D eigenvalue weighted by atomic mass is 9.82. The summed E-state index contributed by atoms with van der Waals surface area (Å²) in [6, 6.07) is 6.62. The van der Waals surface area contributed by atoms with Crippen molar-refractivity contribution < 1.29 is 4.74 Å². The maximum atomic E-state index is 6.04. The third kappa shape index (κ3) is 3.23. The van der Waals surface area contributed by atoms with Crippen LogP contribution in [0.4, 0.5) is 0 Å². The van der Waals surface area contributed by atoms with Crippen molar-refractivity contribution in [1.82, 2.24) is 0 Å². The smallest absolute Gasteiger partial charge is 0.123 e. The summed E-state index contributed by atoms with van der Waals surface area (Å²) in [5.41, 5.74) is 1.54. The first-order chi connectivity index (χ1) is 8.56. The molecule has 0 amide bonds. The Kier molecular flexibility index (Phi) is 4.26. The molecule has 1 aliphatic rings. The Balaban J connectivity index is 2.24. The quantitative estimate of drug-likeness (QED) is 0.677. The lowest BCUT2D eigenvalue weighted by molar-refractivity contribution is 0.289. The summed E-state index contributed by atoms with van der Waals surface area (Å²) in [5.74, 6) is 1.90. The predicted octanol–water partition coefficient (Wildman–Crippen LogP) is 4.88. The molecule has 0 spiro atoms. The molecule has 1 saturated carbocycles. The van der Waals surface area contributed by atoms with Crippen LogP contribution in [0.2, 0.25) is 0 Å². The lowest BCUT2D eigenvalue weighted by Crippen LogP contribution is -2.17. The van der Waals surface area contributed by atoms with Gasteiger partial charge in [-0.3, -0.25) is 0 Å². The van der Waals surface area contributed by atoms with Crippen molar-refractivity contribution in [3.05, 3.63) is 23.8 Å². The highest BCUT2D eigenvalue weighted by atomic mass is 32.2. The molecule has 18 heavy (non-hydrogen) atoms. The number of hydrogen-bond acceptors (Lipinski definition) is 2. The topological polar surface area (TPSA) is 9.23 Å². The molecule has 0 aromatic heterocycles. The molecule has 1 aliphatic carbocycles. The van der Waals surface area contributed by atoms with Gasteiger partial charge in [-0.05, 0) is 55.1 Å². The molecule has 0 N–H and O–H groups in total. The van der Waals surface area contributed by atoms with E-state index in [4.69, 9.17) is 4.74 Å². The van der Waals surface area contributed by atoms with Gasteiger partial charge in [-0.1, -0.05) is 20.8 Å². The van der Waals surface area contributed by atoms with E-state index in [-0.39, 0.29) is 5.41 Å². The zero-order valence-electron chi connectivity index (χ0n) is 12.0. The Morgan fingerprint density at radius 3 is 2.61 bits per heavy atom. The van der Waals surface area contributed by atoms with Gasteiger partial charge in [0, 0.05) is 10.5 Å². The van der Waals surface area contributed by atoms with Crippen LogP contribution in [0.3, 0.4) is 0 Å². The highest BCUT2D eigenvalue weighted by Gasteiger charge is 2.26. The minimum atomic E-state index is 0.185. The first-order valence-corrected chi connectivity index (χ1v) is 8.10. The van der Waals surface area contributed by atoms with Crippen LogP contribution in [0, 0.1) is 5.92 Å². The SMILES string of the molecule is CCC(C)(C)c1cc(SC)ccc1OCC1CC1. The highest BCUT2D eigenvalue weighted by molar-refractivity contribution is 7.98. The van der Waals surface area contributed by atoms with Crippen molar-refractivity contribution in [2.75, 3.05) is 12.9 Å². The van der Waals surface area contributed by atoms with Crippen molar-refractivity contribution >= 4 is 11.8 Å². The molecule has 0 heterocycles. The van der Waals surface area contributed by atoms with Gasteiger partial charge in [0.15, 0.2) is 0 Å². The third-order valence-electron chi connectivity index (χ3n) is 3.97. The molecule has 2 rings (SSSR count). The molecule has 0 atom stereocenters. The molecular formula is C16H24OS. The lowest BCUT2D eigenvalue weighted by Gasteiger charge is -2.26. The fourth-order valence-corrected chi connectivity index (χ4v) is 2.41. The minimum absolute atomic E-state index is 0.185. The van der Waals surface area contributed by atoms with Gasteiger partial charge >= 0.3 is 0 Å². The second kappa shape index (κ2) is 5.56. The molecule has 1 nitrogen and oxygen atoms in total. The Labute approximate surface area is 115 Å². The summed E-state index contributed by atoms with van der Waals surface area (Å²) in [4.78, 5) is 1.32. The van der Waals surface area contributed by atoms with Gasteiger partial charge in [-0.15, -0.1) is 11.8 Å². The van der Waals surface area contributed by atoms with E-state index in [2.05, 4.69) is 45.2 Å². The Morgan fingerprint density at radius 2 is 2.06 bits per heavy atom. The van der Waals surface area contributed by atoms with E-state index >= 15 is 0 Å². The van der Waals surface area contributed by atoms with Crippen molar-refractivity contribution in [3.8, 4) is 5.75 Å². The van der Waals surface area contributed by atoms with Crippen molar-refractivity contribution in [3.63, 3.8) is 0 Å². The summed E-state index contributed by atoms with van der Waals surface area (Å²) in [6.45, 7) is 7.74. The van der Waals surface area contributed by atoms with E-state index in [1.165, 1.54) is 23.3 Å². The first kappa shape index (κ1) is 13.8. The minimum Gasteiger partial charge on any atom is -0.493 e. The molecule has 2 heteroatoms. The van der Waals surface area contributed by atoms with Crippen LogP contribution in [0.25, 0.3) is 0 Å². The first-order valence-electron chi connectivity index (χ1n) is 6.88. The Bertz CT molecular complexity index is 408. The van der Waals surface area contributed by atoms with E-state index in [1.54, 1.807) is 11.8 Å². The van der Waals surface area contributed by atoms with Crippen molar-refractivity contribution in [1.29, 1.82) is 0 Å². The summed E-state index contributed by atoms with van der Waals surface area (Å²) >= 11 is 1.80. The fourth-order valence-electron chi connectivity index (χ4n) is 1.97. The standard InChI is InChI=1S/C16H24OS/c1-5-16(2,3)14-10-13(18-4)8-9-15(14)17-11-12-6-7-12/h8-10,12H,5-7,11H2,1-4H3. The summed E-state index contributed by atoms with van der Waals surface area (Å²) in [6.07, 6.45) is 5.94. The second-order valence-corrected chi connectivity index (χ2v) is 6.73. The maximum Gasteiger partial charge on any atom is 0.123 e. The number of benzene rings is 1. The second-order valence-electron chi connectivity index (χ2n) is 5.85. The molecule has 0 saturated heterocycles. The molecule has 1 aromatic carbocycles.